The van der Waals surface area contributed by atoms with Crippen molar-refractivity contribution in [2.24, 2.45) is 5.73 Å². The number of ether oxygens (including phenoxy) is 1. The number of rotatable bonds is 1. The summed E-state index contributed by atoms with van der Waals surface area (Å²) in [6.45, 7) is 2.70. The normalized spacial score (nSPS) is 24.8. The van der Waals surface area contributed by atoms with Crippen molar-refractivity contribution in [2.75, 3.05) is 11.9 Å². The first-order chi connectivity index (χ1) is 11.1. The molecular formula is C17H16N4O2. The van der Waals surface area contributed by atoms with Gasteiger partial charge in [-0.1, -0.05) is 25.1 Å². The molecule has 3 aliphatic rings. The summed E-state index contributed by atoms with van der Waals surface area (Å²) in [5, 5.41) is 15.8. The fraction of sp³-hybridized carbons (Fsp3) is 0.294. The Hall–Kier alpha value is -2.94. The third-order valence-electron chi connectivity index (χ3n) is 4.85. The van der Waals surface area contributed by atoms with Crippen LogP contribution in [0.3, 0.4) is 0 Å². The minimum absolute atomic E-state index is 0.00875. The molecule has 0 saturated carbocycles. The number of nitrogens with zero attached hydrogens (tertiary/aromatic N) is 1. The van der Waals surface area contributed by atoms with Gasteiger partial charge in [-0.2, -0.15) is 5.26 Å². The van der Waals surface area contributed by atoms with E-state index in [4.69, 9.17) is 10.5 Å². The second kappa shape index (κ2) is 4.53. The largest absolute Gasteiger partial charge is 0.425 e. The van der Waals surface area contributed by atoms with Crippen LogP contribution in [0, 0.1) is 11.3 Å². The highest BCUT2D eigenvalue weighted by Gasteiger charge is 2.58. The molecule has 0 saturated heterocycles. The maximum atomic E-state index is 13.1. The van der Waals surface area contributed by atoms with Gasteiger partial charge in [-0.05, 0) is 18.4 Å². The highest BCUT2D eigenvalue weighted by atomic mass is 16.5. The zero-order valence-electron chi connectivity index (χ0n) is 12.7. The zero-order valence-corrected chi connectivity index (χ0v) is 12.7. The molecule has 0 fully saturated rings. The fourth-order valence-electron chi connectivity index (χ4n) is 3.84. The third kappa shape index (κ3) is 1.49. The Bertz CT molecular complexity index is 847. The lowest BCUT2D eigenvalue weighted by Gasteiger charge is -2.33. The Kier molecular flexibility index (Phi) is 2.70. The van der Waals surface area contributed by atoms with Crippen molar-refractivity contribution >= 4 is 11.6 Å². The zero-order chi connectivity index (χ0) is 16.2. The summed E-state index contributed by atoms with van der Waals surface area (Å²) < 4.78 is 5.54. The number of amides is 1. The maximum absolute atomic E-state index is 13.1. The molecule has 116 valence electrons. The van der Waals surface area contributed by atoms with E-state index in [0.717, 1.165) is 28.8 Å². The quantitative estimate of drug-likeness (QED) is 0.727. The summed E-state index contributed by atoms with van der Waals surface area (Å²) in [7, 11) is 0. The van der Waals surface area contributed by atoms with Gasteiger partial charge in [0.15, 0.2) is 5.88 Å². The minimum Gasteiger partial charge on any atom is -0.425 e. The van der Waals surface area contributed by atoms with E-state index in [1.54, 1.807) is 0 Å². The van der Waals surface area contributed by atoms with Crippen LogP contribution in [-0.2, 0) is 21.4 Å². The summed E-state index contributed by atoms with van der Waals surface area (Å²) in [5.41, 5.74) is 8.39. The van der Waals surface area contributed by atoms with E-state index in [1.165, 1.54) is 0 Å². The average Bonchev–Trinajstić information content (AvgIpc) is 3.11. The molecule has 4 rings (SSSR count). The van der Waals surface area contributed by atoms with Crippen LogP contribution in [0.25, 0.3) is 0 Å². The van der Waals surface area contributed by atoms with Gasteiger partial charge in [0.1, 0.15) is 17.1 Å². The van der Waals surface area contributed by atoms with Crippen molar-refractivity contribution in [1.82, 2.24) is 5.32 Å². The first-order valence-corrected chi connectivity index (χ1v) is 7.64. The Balaban J connectivity index is 2.09. The number of hydrogen-bond donors (Lipinski definition) is 3. The van der Waals surface area contributed by atoms with Gasteiger partial charge < -0.3 is 21.1 Å². The summed E-state index contributed by atoms with van der Waals surface area (Å²) >= 11 is 0. The molecule has 1 spiro atoms. The molecule has 23 heavy (non-hydrogen) atoms. The number of para-hydroxylation sites is 1. The van der Waals surface area contributed by atoms with E-state index in [0.29, 0.717) is 18.8 Å². The predicted molar refractivity (Wildman–Crippen MR) is 83.7 cm³/mol. The standard InChI is InChI=1S/C17H16N4O2/c1-2-9-4-3-5-10-13(9)21-16(22)17(10)11-6-7-20-15(11)23-14(19)12(17)8-18/h3-5,20H,2,6-7,19H2,1H3,(H,21,22). The van der Waals surface area contributed by atoms with Crippen LogP contribution < -0.4 is 16.4 Å². The van der Waals surface area contributed by atoms with Crippen LogP contribution >= 0.6 is 0 Å². The molecule has 0 aliphatic carbocycles. The Labute approximate surface area is 133 Å². The number of aryl methyl sites for hydroxylation is 1. The summed E-state index contributed by atoms with van der Waals surface area (Å²) in [5.74, 6) is 0.268. The molecule has 3 heterocycles. The molecule has 6 heteroatoms. The lowest BCUT2D eigenvalue weighted by Crippen LogP contribution is -2.42. The molecule has 4 N–H and O–H groups in total. The maximum Gasteiger partial charge on any atom is 0.244 e. The van der Waals surface area contributed by atoms with E-state index in [9.17, 15) is 10.1 Å². The molecule has 3 aliphatic heterocycles. The molecule has 0 radical (unpaired) electrons. The van der Waals surface area contributed by atoms with Gasteiger partial charge in [0.25, 0.3) is 0 Å². The molecule has 0 bridgehead atoms. The second-order valence-corrected chi connectivity index (χ2v) is 5.83. The molecule has 1 aromatic rings. The number of anilines is 1. The Morgan fingerprint density at radius 1 is 1.48 bits per heavy atom. The SMILES string of the molecule is CCc1cccc2c1NC(=O)C21C(C#N)=C(N)OC2=C1CCN2. The first-order valence-electron chi connectivity index (χ1n) is 7.64. The van der Waals surface area contributed by atoms with E-state index in [1.807, 2.05) is 25.1 Å². The van der Waals surface area contributed by atoms with Crippen molar-refractivity contribution < 1.29 is 9.53 Å². The molecule has 1 unspecified atom stereocenters. The minimum atomic E-state index is -1.17. The van der Waals surface area contributed by atoms with Gasteiger partial charge in [-0.25, -0.2) is 0 Å². The number of benzene rings is 1. The van der Waals surface area contributed by atoms with E-state index in [-0.39, 0.29) is 17.4 Å². The average molecular weight is 308 g/mol. The van der Waals surface area contributed by atoms with Gasteiger partial charge in [0, 0.05) is 23.4 Å². The number of carbonyl (C=O) groups is 1. The Morgan fingerprint density at radius 3 is 3.04 bits per heavy atom. The van der Waals surface area contributed by atoms with Crippen molar-refractivity contribution in [3.63, 3.8) is 0 Å². The number of fused-ring (bicyclic) bond motifs is 3. The monoisotopic (exact) mass is 308 g/mol. The summed E-state index contributed by atoms with van der Waals surface area (Å²) in [6.07, 6.45) is 1.43. The fourth-order valence-corrected chi connectivity index (χ4v) is 3.84. The smallest absolute Gasteiger partial charge is 0.244 e. The third-order valence-corrected chi connectivity index (χ3v) is 4.85. The van der Waals surface area contributed by atoms with Gasteiger partial charge >= 0.3 is 0 Å². The van der Waals surface area contributed by atoms with Crippen LogP contribution in [0.2, 0.25) is 0 Å². The molecule has 1 aromatic carbocycles. The molecule has 6 nitrogen and oxygen atoms in total. The van der Waals surface area contributed by atoms with Crippen molar-refractivity contribution in [3.05, 3.63) is 52.2 Å². The topological polar surface area (TPSA) is 100 Å². The Morgan fingerprint density at radius 2 is 2.30 bits per heavy atom. The van der Waals surface area contributed by atoms with E-state index in [2.05, 4.69) is 16.7 Å². The molecular weight excluding hydrogens is 292 g/mol. The first kappa shape index (κ1) is 13.7. The van der Waals surface area contributed by atoms with Crippen molar-refractivity contribution in [1.29, 1.82) is 5.26 Å². The van der Waals surface area contributed by atoms with Crippen LogP contribution in [0.1, 0.15) is 24.5 Å². The molecule has 0 aromatic heterocycles. The highest BCUT2D eigenvalue weighted by molar-refractivity contribution is 6.12. The summed E-state index contributed by atoms with van der Waals surface area (Å²) in [4.78, 5) is 13.1. The van der Waals surface area contributed by atoms with Gasteiger partial charge in [-0.3, -0.25) is 4.79 Å². The van der Waals surface area contributed by atoms with Gasteiger partial charge in [0.2, 0.25) is 11.8 Å². The number of nitrogens with one attached hydrogen (secondary N) is 2. The van der Waals surface area contributed by atoms with Crippen molar-refractivity contribution in [3.8, 4) is 6.07 Å². The van der Waals surface area contributed by atoms with Crippen LogP contribution in [-0.4, -0.2) is 12.5 Å². The number of carbonyl (C=O) groups excluding carboxylic acids is 1. The lowest BCUT2D eigenvalue weighted by atomic mass is 9.68. The molecule has 1 amide bonds. The van der Waals surface area contributed by atoms with Crippen LogP contribution in [0.15, 0.2) is 41.1 Å². The van der Waals surface area contributed by atoms with Gasteiger partial charge in [-0.15, -0.1) is 0 Å². The summed E-state index contributed by atoms with van der Waals surface area (Å²) in [6, 6.07) is 7.91. The second-order valence-electron chi connectivity index (χ2n) is 5.83. The van der Waals surface area contributed by atoms with Crippen molar-refractivity contribution in [2.45, 2.75) is 25.2 Å². The predicted octanol–water partition coefficient (Wildman–Crippen LogP) is 1.37. The van der Waals surface area contributed by atoms with E-state index < -0.39 is 5.41 Å². The van der Waals surface area contributed by atoms with Crippen LogP contribution in [0.5, 0.6) is 0 Å². The van der Waals surface area contributed by atoms with Crippen LogP contribution in [0.4, 0.5) is 5.69 Å². The highest BCUT2D eigenvalue weighted by Crippen LogP contribution is 2.53. The lowest BCUT2D eigenvalue weighted by molar-refractivity contribution is -0.118. The van der Waals surface area contributed by atoms with E-state index >= 15 is 0 Å². The number of nitriles is 1. The van der Waals surface area contributed by atoms with Gasteiger partial charge in [0.05, 0.1) is 0 Å². The number of hydrogen-bond acceptors (Lipinski definition) is 5. The molecule has 1 atom stereocenters. The number of nitrogens with two attached hydrogens (primary N) is 1.